The fourth-order valence-electron chi connectivity index (χ4n) is 5.89. The second kappa shape index (κ2) is 22.9. The summed E-state index contributed by atoms with van der Waals surface area (Å²) in [4.78, 5) is 76.6. The second-order valence-corrected chi connectivity index (χ2v) is 13.2. The van der Waals surface area contributed by atoms with Crippen molar-refractivity contribution in [1.29, 1.82) is 0 Å². The maximum Gasteiger partial charge on any atom is 0.490 e. The van der Waals surface area contributed by atoms with Gasteiger partial charge in [-0.3, -0.25) is 24.0 Å². The van der Waals surface area contributed by atoms with E-state index in [-0.39, 0.29) is 51.1 Å². The minimum Gasteiger partial charge on any atom is -0.480 e. The van der Waals surface area contributed by atoms with Gasteiger partial charge in [-0.25, -0.2) is 4.79 Å². The summed E-state index contributed by atoms with van der Waals surface area (Å²) >= 11 is 0. The molecule has 18 heteroatoms. The van der Waals surface area contributed by atoms with E-state index in [0.717, 1.165) is 11.1 Å². The first-order valence-corrected chi connectivity index (χ1v) is 18.0. The Bertz CT molecular complexity index is 1610. The quantitative estimate of drug-likeness (QED) is 0.0744. The standard InChI is InChI=1S/C36H51N7O6.C2HF3O2/c1-3-12-28(32(45)41-29(17-10-11-20-37)34(47)43-21-18-36(39-2,19-22-43)35(48)49)40-33(46)30(24-26-15-8-5-9-16-26)42-31(44)27(38)23-25-13-6-4-7-14-25;3-2(4,5)1(6)7/h3-9,13-16,27-30,39H,1,10-12,17-24,37-38H2,2H3,(H,40,46)(H,41,45)(H,42,44)(H,48,49);(H,6,7)/t27-,28-,29-,30-;/m1./s1. The molecule has 1 fully saturated rings. The zero-order valence-electron chi connectivity index (χ0n) is 31.2. The number of likely N-dealkylation sites (tertiary alicyclic amines) is 1. The van der Waals surface area contributed by atoms with Gasteiger partial charge >= 0.3 is 18.1 Å². The summed E-state index contributed by atoms with van der Waals surface area (Å²) in [5.74, 6) is -5.75. The number of nitrogens with two attached hydrogens (primary N) is 2. The molecule has 1 saturated heterocycles. The Kier molecular flexibility index (Phi) is 19.2. The van der Waals surface area contributed by atoms with Crippen molar-refractivity contribution in [3.63, 3.8) is 0 Å². The van der Waals surface area contributed by atoms with E-state index < -0.39 is 65.5 Å². The van der Waals surface area contributed by atoms with Gasteiger partial charge in [0.05, 0.1) is 6.04 Å². The average molecular weight is 792 g/mol. The largest absolute Gasteiger partial charge is 0.490 e. The third kappa shape index (κ3) is 15.1. The molecule has 308 valence electrons. The predicted octanol–water partition coefficient (Wildman–Crippen LogP) is 1.26. The van der Waals surface area contributed by atoms with Crippen LogP contribution in [0.1, 0.15) is 49.7 Å². The van der Waals surface area contributed by atoms with Crippen LogP contribution in [0, 0.1) is 0 Å². The number of piperidine rings is 1. The van der Waals surface area contributed by atoms with Gasteiger partial charge < -0.3 is 47.8 Å². The Labute approximate surface area is 323 Å². The van der Waals surface area contributed by atoms with Crippen molar-refractivity contribution in [3.05, 3.63) is 84.4 Å². The number of hydrogen-bond acceptors (Lipinski definition) is 9. The van der Waals surface area contributed by atoms with Gasteiger partial charge in [0.25, 0.3) is 0 Å². The smallest absolute Gasteiger partial charge is 0.480 e. The van der Waals surface area contributed by atoms with Crippen LogP contribution in [0.3, 0.4) is 0 Å². The number of carboxylic acid groups (broad SMARTS) is 2. The number of alkyl halides is 3. The summed E-state index contributed by atoms with van der Waals surface area (Å²) in [7, 11) is 1.59. The molecule has 0 spiro atoms. The molecule has 3 rings (SSSR count). The maximum atomic E-state index is 13.8. The third-order valence-electron chi connectivity index (χ3n) is 9.21. The van der Waals surface area contributed by atoms with E-state index in [0.29, 0.717) is 25.8 Å². The first-order valence-electron chi connectivity index (χ1n) is 18.0. The summed E-state index contributed by atoms with van der Waals surface area (Å²) in [6, 6.07) is 14.5. The van der Waals surface area contributed by atoms with E-state index >= 15 is 0 Å². The maximum absolute atomic E-state index is 13.8. The fourth-order valence-corrected chi connectivity index (χ4v) is 5.89. The molecule has 1 heterocycles. The molecule has 1 aliphatic rings. The molecule has 56 heavy (non-hydrogen) atoms. The number of carbonyl (C=O) groups excluding carboxylic acids is 4. The Morgan fingerprint density at radius 2 is 1.30 bits per heavy atom. The van der Waals surface area contributed by atoms with Crippen LogP contribution in [-0.4, -0.2) is 113 Å². The topological polar surface area (TPSA) is 246 Å². The number of likely N-dealkylation sites (N-methyl/N-ethyl adjacent to an activating group) is 1. The van der Waals surface area contributed by atoms with Crippen molar-refractivity contribution in [2.45, 2.75) is 87.2 Å². The molecule has 1 aliphatic heterocycles. The van der Waals surface area contributed by atoms with E-state index in [1.54, 1.807) is 11.9 Å². The molecule has 2 aromatic rings. The number of carboxylic acids is 2. The van der Waals surface area contributed by atoms with Gasteiger partial charge in [0, 0.05) is 19.5 Å². The van der Waals surface area contributed by atoms with Gasteiger partial charge in [0.1, 0.15) is 23.7 Å². The zero-order valence-corrected chi connectivity index (χ0v) is 31.2. The summed E-state index contributed by atoms with van der Waals surface area (Å²) in [5, 5.41) is 28.1. The number of benzene rings is 2. The van der Waals surface area contributed by atoms with Crippen LogP contribution < -0.4 is 32.7 Å². The highest BCUT2D eigenvalue weighted by atomic mass is 19.4. The molecule has 2 aromatic carbocycles. The lowest BCUT2D eigenvalue weighted by Gasteiger charge is -2.40. The number of nitrogens with one attached hydrogen (secondary N) is 4. The zero-order chi connectivity index (χ0) is 41.9. The van der Waals surface area contributed by atoms with Gasteiger partial charge in [-0.1, -0.05) is 66.7 Å². The van der Waals surface area contributed by atoms with Crippen molar-refractivity contribution < 1.29 is 52.2 Å². The van der Waals surface area contributed by atoms with Gasteiger partial charge in [-0.15, -0.1) is 6.58 Å². The van der Waals surface area contributed by atoms with Crippen LogP contribution in [-0.2, 0) is 41.6 Å². The number of aliphatic carboxylic acids is 2. The molecule has 0 aromatic heterocycles. The van der Waals surface area contributed by atoms with Crippen molar-refractivity contribution >= 4 is 35.6 Å². The molecule has 0 radical (unpaired) electrons. The molecule has 0 aliphatic carbocycles. The molecular weight excluding hydrogens is 739 g/mol. The lowest BCUT2D eigenvalue weighted by Crippen LogP contribution is -2.61. The number of halogens is 3. The van der Waals surface area contributed by atoms with E-state index in [4.69, 9.17) is 21.4 Å². The first-order chi connectivity index (χ1) is 26.5. The van der Waals surface area contributed by atoms with Gasteiger partial charge in [-0.05, 0) is 69.7 Å². The Hall–Kier alpha value is -5.33. The van der Waals surface area contributed by atoms with Crippen molar-refractivity contribution in [1.82, 2.24) is 26.2 Å². The van der Waals surface area contributed by atoms with Crippen LogP contribution in [0.15, 0.2) is 73.3 Å². The first kappa shape index (κ1) is 46.8. The van der Waals surface area contributed by atoms with E-state index in [1.807, 2.05) is 60.7 Å². The summed E-state index contributed by atoms with van der Waals surface area (Å²) in [6.45, 7) is 4.56. The fraction of sp³-hybridized carbons (Fsp3) is 0.474. The van der Waals surface area contributed by atoms with Crippen molar-refractivity contribution in [2.75, 3.05) is 26.7 Å². The Morgan fingerprint density at radius 1 is 0.821 bits per heavy atom. The van der Waals surface area contributed by atoms with E-state index in [2.05, 4.69) is 27.8 Å². The van der Waals surface area contributed by atoms with Crippen LogP contribution >= 0.6 is 0 Å². The minimum absolute atomic E-state index is 0.0633. The lowest BCUT2D eigenvalue weighted by molar-refractivity contribution is -0.192. The van der Waals surface area contributed by atoms with Crippen LogP contribution in [0.5, 0.6) is 0 Å². The number of hydrogen-bond donors (Lipinski definition) is 8. The average Bonchev–Trinajstić information content (AvgIpc) is 3.17. The molecule has 0 bridgehead atoms. The number of carbonyl (C=O) groups is 6. The third-order valence-corrected chi connectivity index (χ3v) is 9.21. The summed E-state index contributed by atoms with van der Waals surface area (Å²) in [5.41, 5.74) is 12.5. The second-order valence-electron chi connectivity index (χ2n) is 13.2. The molecule has 4 amide bonds. The minimum atomic E-state index is -5.08. The molecule has 0 unspecified atom stereocenters. The van der Waals surface area contributed by atoms with Gasteiger partial charge in [-0.2, -0.15) is 13.2 Å². The monoisotopic (exact) mass is 791 g/mol. The normalized spacial score (nSPS) is 15.7. The molecule has 0 saturated carbocycles. The Balaban J connectivity index is 0.00000141. The van der Waals surface area contributed by atoms with Crippen LogP contribution in [0.4, 0.5) is 13.2 Å². The highest BCUT2D eigenvalue weighted by molar-refractivity contribution is 5.95. The molecule has 15 nitrogen and oxygen atoms in total. The van der Waals surface area contributed by atoms with Crippen molar-refractivity contribution in [3.8, 4) is 0 Å². The number of amides is 4. The Morgan fingerprint density at radius 3 is 1.77 bits per heavy atom. The predicted molar refractivity (Wildman–Crippen MR) is 201 cm³/mol. The number of rotatable bonds is 19. The van der Waals surface area contributed by atoms with Crippen LogP contribution in [0.25, 0.3) is 0 Å². The highest BCUT2D eigenvalue weighted by Crippen LogP contribution is 2.23. The van der Waals surface area contributed by atoms with Crippen LogP contribution in [0.2, 0.25) is 0 Å². The van der Waals surface area contributed by atoms with Gasteiger partial charge in [0.15, 0.2) is 0 Å². The highest BCUT2D eigenvalue weighted by Gasteiger charge is 2.42. The molecular formula is C38H52F3N7O8. The molecule has 4 atom stereocenters. The molecule has 10 N–H and O–H groups in total. The SMILES string of the molecule is C=CC[C@@H](NC(=O)[C@@H](Cc1ccccc1)NC(=O)[C@H](N)Cc1ccccc1)C(=O)N[C@H](CCCCN)C(=O)N1CCC(NC)(C(=O)O)CC1.O=C(O)C(F)(F)F. The summed E-state index contributed by atoms with van der Waals surface area (Å²) < 4.78 is 31.7. The lowest BCUT2D eigenvalue weighted by atomic mass is 9.87. The van der Waals surface area contributed by atoms with Crippen molar-refractivity contribution in [2.24, 2.45) is 11.5 Å². The number of unbranched alkanes of at least 4 members (excludes halogenated alkanes) is 1. The summed E-state index contributed by atoms with van der Waals surface area (Å²) in [6.07, 6.45) is -1.15. The van der Waals surface area contributed by atoms with E-state index in [1.165, 1.54) is 6.08 Å². The number of nitrogens with zero attached hydrogens (tertiary/aromatic N) is 1. The van der Waals surface area contributed by atoms with E-state index in [9.17, 15) is 42.3 Å². The van der Waals surface area contributed by atoms with Gasteiger partial charge in [0.2, 0.25) is 23.6 Å².